The quantitative estimate of drug-likeness (QED) is 0.722. The Bertz CT molecular complexity index is 878. The molecule has 8 heteroatoms. The van der Waals surface area contributed by atoms with Crippen LogP contribution in [0.1, 0.15) is 16.8 Å². The molecule has 1 saturated heterocycles. The van der Waals surface area contributed by atoms with Gasteiger partial charge in [0.15, 0.2) is 5.13 Å². The maximum absolute atomic E-state index is 12.4. The van der Waals surface area contributed by atoms with Gasteiger partial charge >= 0.3 is 0 Å². The van der Waals surface area contributed by atoms with Crippen molar-refractivity contribution >= 4 is 34.1 Å². The molecule has 0 radical (unpaired) electrons. The van der Waals surface area contributed by atoms with Gasteiger partial charge < -0.3 is 4.74 Å². The molecule has 1 amide bonds. The minimum absolute atomic E-state index is 0.216. The van der Waals surface area contributed by atoms with Crippen molar-refractivity contribution in [1.82, 2.24) is 15.0 Å². The molecule has 4 heterocycles. The Kier molecular flexibility index (Phi) is 5.12. The summed E-state index contributed by atoms with van der Waals surface area (Å²) in [6.07, 6.45) is 6.24. The van der Waals surface area contributed by atoms with Crippen molar-refractivity contribution < 1.29 is 9.53 Å². The minimum Gasteiger partial charge on any atom is -0.473 e. The molecule has 0 bridgehead atoms. The highest BCUT2D eigenvalue weighted by Crippen LogP contribution is 2.25. The number of hydrogen-bond acceptors (Lipinski definition) is 7. The van der Waals surface area contributed by atoms with Gasteiger partial charge in [-0.2, -0.15) is 11.8 Å². The van der Waals surface area contributed by atoms with E-state index in [0.717, 1.165) is 29.2 Å². The second-order valence-electron chi connectivity index (χ2n) is 5.72. The fourth-order valence-corrected chi connectivity index (χ4v) is 4.32. The fraction of sp³-hybridized carbons (Fsp3) is 0.222. The Labute approximate surface area is 159 Å². The van der Waals surface area contributed by atoms with Crippen LogP contribution in [-0.4, -0.2) is 38.5 Å². The Balaban J connectivity index is 1.39. The van der Waals surface area contributed by atoms with Gasteiger partial charge in [0.25, 0.3) is 5.91 Å². The molecular weight excluding hydrogens is 368 g/mol. The molecule has 0 aliphatic carbocycles. The molecule has 1 fully saturated rings. The molecule has 3 aromatic heterocycles. The second-order valence-corrected chi connectivity index (χ2v) is 7.73. The first kappa shape index (κ1) is 17.0. The number of nitrogens with one attached hydrogen (secondary N) is 1. The summed E-state index contributed by atoms with van der Waals surface area (Å²) in [5.41, 5.74) is 2.17. The molecule has 6 nitrogen and oxygen atoms in total. The lowest BCUT2D eigenvalue weighted by Crippen LogP contribution is -2.16. The highest BCUT2D eigenvalue weighted by atomic mass is 32.2. The Morgan fingerprint density at radius 2 is 2.23 bits per heavy atom. The van der Waals surface area contributed by atoms with E-state index in [-0.39, 0.29) is 12.0 Å². The number of carbonyl (C=O) groups excluding carboxylic acids is 1. The molecule has 1 atom stereocenters. The van der Waals surface area contributed by atoms with Gasteiger partial charge in [0.2, 0.25) is 5.88 Å². The number of aromatic nitrogens is 3. The zero-order valence-corrected chi connectivity index (χ0v) is 15.4. The molecule has 1 aliphatic heterocycles. The largest absolute Gasteiger partial charge is 0.473 e. The molecule has 0 saturated carbocycles. The van der Waals surface area contributed by atoms with Crippen molar-refractivity contribution in [1.29, 1.82) is 0 Å². The number of thiazole rings is 1. The van der Waals surface area contributed by atoms with Crippen molar-refractivity contribution in [3.63, 3.8) is 0 Å². The molecule has 1 N–H and O–H groups in total. The van der Waals surface area contributed by atoms with Gasteiger partial charge in [-0.25, -0.2) is 9.97 Å². The van der Waals surface area contributed by atoms with Crippen LogP contribution in [0.4, 0.5) is 5.13 Å². The van der Waals surface area contributed by atoms with Crippen molar-refractivity contribution in [3.05, 3.63) is 53.8 Å². The van der Waals surface area contributed by atoms with Crippen LogP contribution in [0, 0.1) is 0 Å². The summed E-state index contributed by atoms with van der Waals surface area (Å²) >= 11 is 3.26. The van der Waals surface area contributed by atoms with Gasteiger partial charge in [-0.15, -0.1) is 11.3 Å². The topological polar surface area (TPSA) is 77.0 Å². The summed E-state index contributed by atoms with van der Waals surface area (Å²) in [7, 11) is 0. The maximum atomic E-state index is 12.4. The van der Waals surface area contributed by atoms with E-state index in [9.17, 15) is 4.79 Å². The highest BCUT2D eigenvalue weighted by molar-refractivity contribution is 7.99. The number of carbonyl (C=O) groups is 1. The van der Waals surface area contributed by atoms with E-state index in [0.29, 0.717) is 16.6 Å². The normalized spacial score (nSPS) is 16.4. The van der Waals surface area contributed by atoms with Crippen molar-refractivity contribution in [2.75, 3.05) is 16.8 Å². The van der Waals surface area contributed by atoms with Gasteiger partial charge in [0.1, 0.15) is 6.10 Å². The van der Waals surface area contributed by atoms with Crippen LogP contribution in [0.25, 0.3) is 11.3 Å². The van der Waals surface area contributed by atoms with Gasteiger partial charge in [0.05, 0.1) is 11.3 Å². The molecule has 3 aromatic rings. The van der Waals surface area contributed by atoms with Gasteiger partial charge in [-0.05, 0) is 30.4 Å². The average molecular weight is 384 g/mol. The van der Waals surface area contributed by atoms with Crippen LogP contribution in [0.15, 0.2) is 48.2 Å². The molecule has 0 aromatic carbocycles. The molecule has 0 spiro atoms. The third-order valence-electron chi connectivity index (χ3n) is 3.86. The van der Waals surface area contributed by atoms with Crippen molar-refractivity contribution in [3.8, 4) is 17.1 Å². The zero-order chi connectivity index (χ0) is 17.8. The highest BCUT2D eigenvalue weighted by Gasteiger charge is 2.18. The van der Waals surface area contributed by atoms with Crippen LogP contribution in [-0.2, 0) is 0 Å². The van der Waals surface area contributed by atoms with E-state index < -0.39 is 0 Å². The van der Waals surface area contributed by atoms with Crippen LogP contribution in [0.5, 0.6) is 5.88 Å². The van der Waals surface area contributed by atoms with Crippen LogP contribution >= 0.6 is 23.1 Å². The fourth-order valence-electron chi connectivity index (χ4n) is 2.51. The molecular formula is C18H16N4O2S2. The number of anilines is 1. The standard InChI is InChI=1S/C18H16N4O2S2/c23-17(13-3-4-16(20-9-13)24-14-5-7-25-10-14)22-18-21-15(11-26-18)12-2-1-6-19-8-12/h1-4,6,8-9,11,14H,5,7,10H2,(H,21,22,23)/t14-/m0/s1. The molecule has 0 unspecified atom stereocenters. The number of rotatable bonds is 5. The van der Waals surface area contributed by atoms with E-state index in [1.807, 2.05) is 29.3 Å². The van der Waals surface area contributed by atoms with E-state index in [2.05, 4.69) is 20.3 Å². The third-order valence-corrected chi connectivity index (χ3v) is 5.75. The SMILES string of the molecule is O=C(Nc1nc(-c2cccnc2)cs1)c1ccc(O[C@H]2CCSC2)nc1. The number of amides is 1. The lowest BCUT2D eigenvalue weighted by atomic mass is 10.2. The number of nitrogens with zero attached hydrogens (tertiary/aromatic N) is 3. The molecule has 132 valence electrons. The van der Waals surface area contributed by atoms with Gasteiger partial charge in [-0.1, -0.05) is 0 Å². The van der Waals surface area contributed by atoms with Gasteiger partial charge in [-0.3, -0.25) is 15.1 Å². The van der Waals surface area contributed by atoms with Crippen molar-refractivity contribution in [2.45, 2.75) is 12.5 Å². The van der Waals surface area contributed by atoms with Gasteiger partial charge in [0, 0.05) is 41.4 Å². The van der Waals surface area contributed by atoms with Crippen LogP contribution < -0.4 is 10.1 Å². The van der Waals surface area contributed by atoms with Crippen LogP contribution in [0.2, 0.25) is 0 Å². The average Bonchev–Trinajstić information content (AvgIpc) is 3.35. The first-order valence-electron chi connectivity index (χ1n) is 8.16. The van der Waals surface area contributed by atoms with Crippen LogP contribution in [0.3, 0.4) is 0 Å². The smallest absolute Gasteiger partial charge is 0.259 e. The number of ether oxygens (including phenoxy) is 1. The lowest BCUT2D eigenvalue weighted by molar-refractivity contribution is 0.102. The predicted molar refractivity (Wildman–Crippen MR) is 104 cm³/mol. The Hall–Kier alpha value is -2.45. The summed E-state index contributed by atoms with van der Waals surface area (Å²) in [5.74, 6) is 2.43. The lowest BCUT2D eigenvalue weighted by Gasteiger charge is -2.11. The van der Waals surface area contributed by atoms with E-state index in [1.165, 1.54) is 17.5 Å². The van der Waals surface area contributed by atoms with E-state index in [1.54, 1.807) is 24.5 Å². The third kappa shape index (κ3) is 4.03. The maximum Gasteiger partial charge on any atom is 0.259 e. The summed E-state index contributed by atoms with van der Waals surface area (Å²) in [5, 5.41) is 5.23. The summed E-state index contributed by atoms with van der Waals surface area (Å²) in [6.45, 7) is 0. The second kappa shape index (κ2) is 7.84. The van der Waals surface area contributed by atoms with E-state index >= 15 is 0 Å². The number of hydrogen-bond donors (Lipinski definition) is 1. The first-order valence-corrected chi connectivity index (χ1v) is 10.2. The minimum atomic E-state index is -0.243. The summed E-state index contributed by atoms with van der Waals surface area (Å²) < 4.78 is 5.80. The summed E-state index contributed by atoms with van der Waals surface area (Å²) in [4.78, 5) is 25.1. The zero-order valence-electron chi connectivity index (χ0n) is 13.8. The molecule has 4 rings (SSSR count). The predicted octanol–water partition coefficient (Wildman–Crippen LogP) is 3.74. The monoisotopic (exact) mass is 384 g/mol. The molecule has 1 aliphatic rings. The Morgan fingerprint density at radius 3 is 2.96 bits per heavy atom. The van der Waals surface area contributed by atoms with Crippen molar-refractivity contribution in [2.24, 2.45) is 0 Å². The Morgan fingerprint density at radius 1 is 1.27 bits per heavy atom. The summed E-state index contributed by atoms with van der Waals surface area (Å²) in [6, 6.07) is 7.24. The first-order chi connectivity index (χ1) is 12.8. The number of thioether (sulfide) groups is 1. The van der Waals surface area contributed by atoms with E-state index in [4.69, 9.17) is 4.74 Å². The molecule has 26 heavy (non-hydrogen) atoms. The number of pyridine rings is 2.